The zero-order chi connectivity index (χ0) is 14.3. The van der Waals surface area contributed by atoms with Crippen LogP contribution in [0.5, 0.6) is 11.5 Å². The molecule has 3 rings (SSSR count). The molecule has 2 aromatic carbocycles. The SMILES string of the molecule is O=[N+]([O-])c1c(-c2c[nH]c3ccccc23)ccc(O)c1O. The van der Waals surface area contributed by atoms with E-state index < -0.39 is 22.1 Å². The predicted octanol–water partition coefficient (Wildman–Crippen LogP) is 3.15. The second-order valence-corrected chi connectivity index (χ2v) is 4.33. The smallest absolute Gasteiger partial charge is 0.322 e. The van der Waals surface area contributed by atoms with E-state index in [4.69, 9.17) is 0 Å². The van der Waals surface area contributed by atoms with Crippen molar-refractivity contribution < 1.29 is 15.1 Å². The van der Waals surface area contributed by atoms with Crippen LogP contribution in [0.4, 0.5) is 5.69 Å². The van der Waals surface area contributed by atoms with Crippen molar-refractivity contribution in [3.05, 3.63) is 52.7 Å². The van der Waals surface area contributed by atoms with Crippen molar-refractivity contribution >= 4 is 16.6 Å². The first-order valence-electron chi connectivity index (χ1n) is 5.85. The molecular weight excluding hydrogens is 260 g/mol. The highest BCUT2D eigenvalue weighted by atomic mass is 16.6. The van der Waals surface area contributed by atoms with Gasteiger partial charge in [-0.15, -0.1) is 0 Å². The lowest BCUT2D eigenvalue weighted by Crippen LogP contribution is -1.92. The number of hydrogen-bond acceptors (Lipinski definition) is 4. The number of phenolic OH excluding ortho intramolecular Hbond substituents is 2. The molecule has 3 aromatic rings. The number of aromatic hydroxyl groups is 2. The van der Waals surface area contributed by atoms with Crippen molar-refractivity contribution in [1.82, 2.24) is 4.98 Å². The molecule has 0 bridgehead atoms. The molecule has 6 nitrogen and oxygen atoms in total. The fourth-order valence-electron chi connectivity index (χ4n) is 2.27. The predicted molar refractivity (Wildman–Crippen MR) is 73.7 cm³/mol. The monoisotopic (exact) mass is 270 g/mol. The molecule has 0 fully saturated rings. The number of phenols is 2. The third kappa shape index (κ3) is 1.66. The van der Waals surface area contributed by atoms with Gasteiger partial charge in [-0.1, -0.05) is 18.2 Å². The molecule has 0 aliphatic rings. The van der Waals surface area contributed by atoms with Crippen LogP contribution in [0.25, 0.3) is 22.0 Å². The van der Waals surface area contributed by atoms with Gasteiger partial charge in [0.05, 0.1) is 10.5 Å². The number of aromatic amines is 1. The molecule has 0 saturated heterocycles. The highest BCUT2D eigenvalue weighted by Crippen LogP contribution is 2.44. The van der Waals surface area contributed by atoms with Gasteiger partial charge >= 0.3 is 5.69 Å². The van der Waals surface area contributed by atoms with E-state index in [0.717, 1.165) is 10.9 Å². The van der Waals surface area contributed by atoms with Gasteiger partial charge in [-0.05, 0) is 18.2 Å². The number of nitrogens with one attached hydrogen (secondary N) is 1. The minimum absolute atomic E-state index is 0.253. The number of hydrogen-bond donors (Lipinski definition) is 3. The van der Waals surface area contributed by atoms with E-state index in [1.165, 1.54) is 12.1 Å². The van der Waals surface area contributed by atoms with Crippen molar-refractivity contribution in [3.63, 3.8) is 0 Å². The lowest BCUT2D eigenvalue weighted by molar-refractivity contribution is -0.385. The molecule has 100 valence electrons. The van der Waals surface area contributed by atoms with Crippen molar-refractivity contribution in [2.45, 2.75) is 0 Å². The van der Waals surface area contributed by atoms with Crippen molar-refractivity contribution in [1.29, 1.82) is 0 Å². The Kier molecular flexibility index (Phi) is 2.57. The third-order valence-corrected chi connectivity index (χ3v) is 3.19. The summed E-state index contributed by atoms with van der Waals surface area (Å²) in [6.07, 6.45) is 1.64. The number of para-hydroxylation sites is 1. The highest BCUT2D eigenvalue weighted by Gasteiger charge is 2.25. The molecule has 0 amide bonds. The van der Waals surface area contributed by atoms with Crippen LogP contribution in [0.2, 0.25) is 0 Å². The zero-order valence-electron chi connectivity index (χ0n) is 10.2. The Morgan fingerprint density at radius 1 is 1.05 bits per heavy atom. The maximum absolute atomic E-state index is 11.2. The highest BCUT2D eigenvalue weighted by molar-refractivity contribution is 5.98. The van der Waals surface area contributed by atoms with Crippen LogP contribution in [0, 0.1) is 10.1 Å². The molecule has 1 aromatic heterocycles. The van der Waals surface area contributed by atoms with Gasteiger partial charge in [0.25, 0.3) is 0 Å². The van der Waals surface area contributed by atoms with Gasteiger partial charge in [0, 0.05) is 22.7 Å². The Labute approximate surface area is 113 Å². The van der Waals surface area contributed by atoms with Gasteiger partial charge in [0.1, 0.15) is 0 Å². The van der Waals surface area contributed by atoms with Gasteiger partial charge in [0.15, 0.2) is 5.75 Å². The number of nitro benzene ring substituents is 1. The summed E-state index contributed by atoms with van der Waals surface area (Å²) < 4.78 is 0. The molecule has 20 heavy (non-hydrogen) atoms. The minimum atomic E-state index is -0.724. The normalized spacial score (nSPS) is 10.8. The van der Waals surface area contributed by atoms with Gasteiger partial charge in [0.2, 0.25) is 5.75 Å². The van der Waals surface area contributed by atoms with Crippen molar-refractivity contribution in [3.8, 4) is 22.6 Å². The number of fused-ring (bicyclic) bond motifs is 1. The molecule has 6 heteroatoms. The summed E-state index contributed by atoms with van der Waals surface area (Å²) in [5.74, 6) is -1.24. The summed E-state index contributed by atoms with van der Waals surface area (Å²) in [5.41, 5.74) is 1.18. The zero-order valence-corrected chi connectivity index (χ0v) is 10.2. The van der Waals surface area contributed by atoms with Gasteiger partial charge in [-0.3, -0.25) is 10.1 Å². The van der Waals surface area contributed by atoms with Crippen molar-refractivity contribution in [2.24, 2.45) is 0 Å². The Balaban J connectivity index is 2.35. The van der Waals surface area contributed by atoms with Crippen molar-refractivity contribution in [2.75, 3.05) is 0 Å². The average molecular weight is 270 g/mol. The second-order valence-electron chi connectivity index (χ2n) is 4.33. The average Bonchev–Trinajstić information content (AvgIpc) is 2.85. The number of aromatic nitrogens is 1. The minimum Gasteiger partial charge on any atom is -0.504 e. The van der Waals surface area contributed by atoms with E-state index in [-0.39, 0.29) is 5.56 Å². The van der Waals surface area contributed by atoms with E-state index in [9.17, 15) is 20.3 Å². The first-order chi connectivity index (χ1) is 9.59. The molecule has 0 saturated carbocycles. The Morgan fingerprint density at radius 3 is 2.55 bits per heavy atom. The van der Waals surface area contributed by atoms with Crippen LogP contribution in [0.3, 0.4) is 0 Å². The molecule has 0 radical (unpaired) electrons. The summed E-state index contributed by atoms with van der Waals surface area (Å²) in [5, 5.41) is 31.1. The summed E-state index contributed by atoms with van der Waals surface area (Å²) in [7, 11) is 0. The van der Waals surface area contributed by atoms with Gasteiger partial charge in [-0.25, -0.2) is 0 Å². The summed E-state index contributed by atoms with van der Waals surface area (Å²) in [4.78, 5) is 13.5. The Hall–Kier alpha value is -3.02. The molecule has 0 aliphatic heterocycles. The number of nitrogens with zero attached hydrogens (tertiary/aromatic N) is 1. The van der Waals surface area contributed by atoms with Crippen LogP contribution in [-0.4, -0.2) is 20.1 Å². The fraction of sp³-hybridized carbons (Fsp3) is 0. The topological polar surface area (TPSA) is 99.4 Å². The second kappa shape index (κ2) is 4.27. The third-order valence-electron chi connectivity index (χ3n) is 3.19. The number of H-pyrrole nitrogens is 1. The lowest BCUT2D eigenvalue weighted by atomic mass is 10.0. The molecule has 3 N–H and O–H groups in total. The summed E-state index contributed by atoms with van der Waals surface area (Å²) in [6, 6.07) is 10.0. The standard InChI is InChI=1S/C14H10N2O4/c17-12-6-5-9(13(14(12)18)16(19)20)10-7-15-11-4-2-1-3-8(10)11/h1-7,15,17-18H. The molecular formula is C14H10N2O4. The number of benzene rings is 2. The largest absolute Gasteiger partial charge is 0.504 e. The first-order valence-corrected chi connectivity index (χ1v) is 5.85. The Morgan fingerprint density at radius 2 is 1.80 bits per heavy atom. The molecule has 0 spiro atoms. The summed E-state index contributed by atoms with van der Waals surface area (Å²) in [6.45, 7) is 0. The summed E-state index contributed by atoms with van der Waals surface area (Å²) >= 11 is 0. The van der Waals surface area contributed by atoms with Crippen LogP contribution in [0.1, 0.15) is 0 Å². The van der Waals surface area contributed by atoms with E-state index in [0.29, 0.717) is 5.56 Å². The maximum Gasteiger partial charge on any atom is 0.322 e. The van der Waals surface area contributed by atoms with E-state index in [1.54, 1.807) is 6.20 Å². The molecule has 0 atom stereocenters. The van der Waals surface area contributed by atoms with E-state index in [2.05, 4.69) is 4.98 Å². The molecule has 0 unspecified atom stereocenters. The van der Waals surface area contributed by atoms with E-state index in [1.807, 2.05) is 24.3 Å². The van der Waals surface area contributed by atoms with Gasteiger partial charge in [-0.2, -0.15) is 0 Å². The van der Waals surface area contributed by atoms with Crippen LogP contribution in [0.15, 0.2) is 42.6 Å². The number of nitro groups is 1. The van der Waals surface area contributed by atoms with Crippen LogP contribution in [-0.2, 0) is 0 Å². The Bertz CT molecular complexity index is 823. The number of rotatable bonds is 2. The van der Waals surface area contributed by atoms with Crippen LogP contribution < -0.4 is 0 Å². The molecule has 1 heterocycles. The quantitative estimate of drug-likeness (QED) is 0.378. The van der Waals surface area contributed by atoms with Crippen LogP contribution >= 0.6 is 0 Å². The van der Waals surface area contributed by atoms with E-state index >= 15 is 0 Å². The lowest BCUT2D eigenvalue weighted by Gasteiger charge is -2.05. The fourth-order valence-corrected chi connectivity index (χ4v) is 2.27. The first kappa shape index (κ1) is 12.0. The maximum atomic E-state index is 11.2. The molecule has 0 aliphatic carbocycles. The van der Waals surface area contributed by atoms with Gasteiger partial charge < -0.3 is 15.2 Å².